The fraction of sp³-hybridized carbons (Fsp3) is 0.350. The summed E-state index contributed by atoms with van der Waals surface area (Å²) in [4.78, 5) is 11.4. The van der Waals surface area contributed by atoms with Crippen LogP contribution < -0.4 is 4.90 Å². The predicted octanol–water partition coefficient (Wildman–Crippen LogP) is 2.58. The number of halogens is 1. The van der Waals surface area contributed by atoms with Gasteiger partial charge in [0, 0.05) is 18.8 Å². The number of morpholine rings is 1. The standard InChI is InChI=1S/C20H21FN8O/c1-11-10-30-7-6-28(11)17-8-16(29-12(2)25-26-13(29)3)18-14(21)9-22-19(20(18)24-17)15-4-5-23-27-15/h4-5,8-9,11H,6-7,10H2,1-3H3,(H,23,27)/t11-/m1/s1. The van der Waals surface area contributed by atoms with Crippen LogP contribution in [-0.4, -0.2) is 60.7 Å². The lowest BCUT2D eigenvalue weighted by Crippen LogP contribution is -2.44. The summed E-state index contributed by atoms with van der Waals surface area (Å²) >= 11 is 0. The van der Waals surface area contributed by atoms with Crippen LogP contribution in [0.2, 0.25) is 0 Å². The second-order valence-corrected chi connectivity index (χ2v) is 7.40. The number of aromatic amines is 1. The van der Waals surface area contributed by atoms with Crippen molar-refractivity contribution < 1.29 is 9.13 Å². The fourth-order valence-electron chi connectivity index (χ4n) is 3.97. The van der Waals surface area contributed by atoms with Gasteiger partial charge in [0.05, 0.1) is 42.2 Å². The number of hydrogen-bond donors (Lipinski definition) is 1. The molecule has 0 spiro atoms. The number of anilines is 1. The molecule has 0 radical (unpaired) electrons. The van der Waals surface area contributed by atoms with E-state index in [2.05, 4.69) is 37.2 Å². The molecule has 154 valence electrons. The highest BCUT2D eigenvalue weighted by Crippen LogP contribution is 2.34. The minimum Gasteiger partial charge on any atom is -0.377 e. The van der Waals surface area contributed by atoms with E-state index in [0.717, 1.165) is 5.82 Å². The van der Waals surface area contributed by atoms with Crippen LogP contribution in [-0.2, 0) is 4.74 Å². The second kappa shape index (κ2) is 7.13. The van der Waals surface area contributed by atoms with Gasteiger partial charge < -0.3 is 9.64 Å². The lowest BCUT2D eigenvalue weighted by Gasteiger charge is -2.34. The largest absolute Gasteiger partial charge is 0.377 e. The van der Waals surface area contributed by atoms with Gasteiger partial charge in [-0.05, 0) is 26.8 Å². The van der Waals surface area contributed by atoms with Crippen molar-refractivity contribution in [3.05, 3.63) is 42.0 Å². The van der Waals surface area contributed by atoms with Crippen LogP contribution in [0.5, 0.6) is 0 Å². The van der Waals surface area contributed by atoms with E-state index in [0.29, 0.717) is 59.4 Å². The third-order valence-corrected chi connectivity index (χ3v) is 5.40. The SMILES string of the molecule is Cc1nnc(C)n1-c1cc(N2CCOC[C@H]2C)nc2c(-c3ccn[nH]3)ncc(F)c12. The maximum absolute atomic E-state index is 15.2. The number of rotatable bonds is 3. The van der Waals surface area contributed by atoms with Crippen LogP contribution in [0.1, 0.15) is 18.6 Å². The maximum Gasteiger partial charge on any atom is 0.153 e. The van der Waals surface area contributed by atoms with E-state index in [-0.39, 0.29) is 6.04 Å². The van der Waals surface area contributed by atoms with E-state index < -0.39 is 5.82 Å². The molecule has 1 atom stereocenters. The van der Waals surface area contributed by atoms with Gasteiger partial charge in [0.25, 0.3) is 0 Å². The van der Waals surface area contributed by atoms with E-state index in [1.807, 2.05) is 24.5 Å². The van der Waals surface area contributed by atoms with Crippen molar-refractivity contribution in [2.75, 3.05) is 24.7 Å². The Morgan fingerprint density at radius 2 is 2.03 bits per heavy atom. The van der Waals surface area contributed by atoms with Crippen LogP contribution in [0.4, 0.5) is 10.2 Å². The number of nitrogens with zero attached hydrogens (tertiary/aromatic N) is 7. The van der Waals surface area contributed by atoms with Crippen molar-refractivity contribution in [2.24, 2.45) is 0 Å². The number of fused-ring (bicyclic) bond motifs is 1. The Balaban J connectivity index is 1.86. The summed E-state index contributed by atoms with van der Waals surface area (Å²) in [6.07, 6.45) is 2.85. The molecule has 1 N–H and O–H groups in total. The number of nitrogens with one attached hydrogen (secondary N) is 1. The molecule has 9 nitrogen and oxygen atoms in total. The Morgan fingerprint density at radius 1 is 1.23 bits per heavy atom. The first kappa shape index (κ1) is 18.6. The maximum atomic E-state index is 15.2. The number of hydrogen-bond acceptors (Lipinski definition) is 7. The van der Waals surface area contributed by atoms with Crippen molar-refractivity contribution in [1.29, 1.82) is 0 Å². The first-order valence-corrected chi connectivity index (χ1v) is 9.77. The van der Waals surface area contributed by atoms with E-state index >= 15 is 4.39 Å². The molecule has 0 amide bonds. The highest BCUT2D eigenvalue weighted by molar-refractivity contribution is 5.97. The molecule has 0 bridgehead atoms. The first-order chi connectivity index (χ1) is 14.5. The van der Waals surface area contributed by atoms with E-state index in [4.69, 9.17) is 9.72 Å². The molecule has 10 heteroatoms. The molecule has 30 heavy (non-hydrogen) atoms. The smallest absolute Gasteiger partial charge is 0.153 e. The minimum absolute atomic E-state index is 0.136. The molecule has 0 aromatic carbocycles. The lowest BCUT2D eigenvalue weighted by molar-refractivity contribution is 0.0985. The van der Waals surface area contributed by atoms with Gasteiger partial charge in [-0.1, -0.05) is 0 Å². The Kier molecular flexibility index (Phi) is 4.43. The Hall–Kier alpha value is -3.40. The van der Waals surface area contributed by atoms with Crippen molar-refractivity contribution in [3.63, 3.8) is 0 Å². The molecule has 1 fully saturated rings. The monoisotopic (exact) mass is 408 g/mol. The Morgan fingerprint density at radius 3 is 2.73 bits per heavy atom. The van der Waals surface area contributed by atoms with Crippen molar-refractivity contribution in [1.82, 2.24) is 34.9 Å². The fourth-order valence-corrected chi connectivity index (χ4v) is 3.97. The van der Waals surface area contributed by atoms with Crippen molar-refractivity contribution >= 4 is 16.7 Å². The summed E-state index contributed by atoms with van der Waals surface area (Å²) in [5, 5.41) is 15.6. The zero-order chi connectivity index (χ0) is 20.8. The van der Waals surface area contributed by atoms with Crippen LogP contribution in [0.25, 0.3) is 28.0 Å². The number of pyridine rings is 2. The minimum atomic E-state index is -0.454. The van der Waals surface area contributed by atoms with Gasteiger partial charge in [0.2, 0.25) is 0 Å². The molecule has 5 heterocycles. The van der Waals surface area contributed by atoms with Crippen LogP contribution in [0.3, 0.4) is 0 Å². The molecular weight excluding hydrogens is 387 g/mol. The Bertz CT molecular complexity index is 1200. The van der Waals surface area contributed by atoms with Gasteiger partial charge in [-0.15, -0.1) is 10.2 Å². The van der Waals surface area contributed by atoms with Crippen molar-refractivity contribution in [3.8, 4) is 17.1 Å². The molecule has 1 aliphatic rings. The molecular formula is C20H21FN8O. The number of ether oxygens (including phenoxy) is 1. The molecule has 4 aromatic heterocycles. The zero-order valence-corrected chi connectivity index (χ0v) is 16.9. The summed E-state index contributed by atoms with van der Waals surface area (Å²) in [6.45, 7) is 7.69. The quantitative estimate of drug-likeness (QED) is 0.556. The van der Waals surface area contributed by atoms with Gasteiger partial charge in [0.1, 0.15) is 28.7 Å². The predicted molar refractivity (Wildman–Crippen MR) is 109 cm³/mol. The average Bonchev–Trinajstić information content (AvgIpc) is 3.38. The summed E-state index contributed by atoms with van der Waals surface area (Å²) in [5.74, 6) is 1.61. The Labute approximate surface area is 171 Å². The van der Waals surface area contributed by atoms with Crippen LogP contribution in [0, 0.1) is 19.7 Å². The molecule has 1 aliphatic heterocycles. The van der Waals surface area contributed by atoms with Gasteiger partial charge in [-0.3, -0.25) is 9.67 Å². The molecule has 0 aliphatic carbocycles. The van der Waals surface area contributed by atoms with Gasteiger partial charge >= 0.3 is 0 Å². The second-order valence-electron chi connectivity index (χ2n) is 7.40. The van der Waals surface area contributed by atoms with E-state index in [1.54, 1.807) is 12.3 Å². The molecule has 4 aromatic rings. The third kappa shape index (κ3) is 2.91. The summed E-state index contributed by atoms with van der Waals surface area (Å²) < 4.78 is 22.6. The van der Waals surface area contributed by atoms with Gasteiger partial charge in [-0.25, -0.2) is 14.4 Å². The zero-order valence-electron chi connectivity index (χ0n) is 16.9. The summed E-state index contributed by atoms with van der Waals surface area (Å²) in [5.41, 5.74) is 2.30. The molecule has 1 saturated heterocycles. The highest BCUT2D eigenvalue weighted by atomic mass is 19.1. The van der Waals surface area contributed by atoms with Gasteiger partial charge in [-0.2, -0.15) is 5.10 Å². The van der Waals surface area contributed by atoms with Crippen molar-refractivity contribution in [2.45, 2.75) is 26.8 Å². The topological polar surface area (TPSA) is 97.6 Å². The van der Waals surface area contributed by atoms with E-state index in [9.17, 15) is 0 Å². The number of aryl methyl sites for hydroxylation is 2. The van der Waals surface area contributed by atoms with Gasteiger partial charge in [0.15, 0.2) is 5.82 Å². The first-order valence-electron chi connectivity index (χ1n) is 9.77. The van der Waals surface area contributed by atoms with Crippen LogP contribution >= 0.6 is 0 Å². The highest BCUT2D eigenvalue weighted by Gasteiger charge is 2.25. The number of H-pyrrole nitrogens is 1. The lowest BCUT2D eigenvalue weighted by atomic mass is 10.1. The summed E-state index contributed by atoms with van der Waals surface area (Å²) in [7, 11) is 0. The number of aromatic nitrogens is 7. The molecule has 0 unspecified atom stereocenters. The average molecular weight is 408 g/mol. The normalized spacial score (nSPS) is 17.1. The van der Waals surface area contributed by atoms with E-state index in [1.165, 1.54) is 6.20 Å². The van der Waals surface area contributed by atoms with Crippen LogP contribution in [0.15, 0.2) is 24.5 Å². The molecule has 5 rings (SSSR count). The summed E-state index contributed by atoms with van der Waals surface area (Å²) in [6, 6.07) is 3.82. The third-order valence-electron chi connectivity index (χ3n) is 5.40. The molecule has 0 saturated carbocycles.